The van der Waals surface area contributed by atoms with E-state index < -0.39 is 53.2 Å². The van der Waals surface area contributed by atoms with Crippen LogP contribution in [0.25, 0.3) is 0 Å². The Kier molecular flexibility index (Phi) is 5.96. The Hall–Kier alpha value is -3.64. The number of nitrogens with one attached hydrogen (secondary N) is 4. The van der Waals surface area contributed by atoms with Crippen molar-refractivity contribution in [1.29, 1.82) is 0 Å². The number of ketones is 1. The Morgan fingerprint density at radius 1 is 1.06 bits per heavy atom. The second-order valence-corrected chi connectivity index (χ2v) is 9.22. The van der Waals surface area contributed by atoms with Gasteiger partial charge in [-0.2, -0.15) is 0 Å². The van der Waals surface area contributed by atoms with Gasteiger partial charge in [0, 0.05) is 30.8 Å². The molecule has 4 rings (SSSR count). The van der Waals surface area contributed by atoms with Crippen LogP contribution in [0.2, 0.25) is 0 Å². The number of amides is 5. The van der Waals surface area contributed by atoms with E-state index in [0.29, 0.717) is 6.54 Å². The van der Waals surface area contributed by atoms with Crippen molar-refractivity contribution in [2.45, 2.75) is 38.5 Å². The number of Topliss-reactive ketones (excluding diaryl/α,β-unsaturated/α-hetero) is 1. The lowest BCUT2D eigenvalue weighted by molar-refractivity contribution is -0.134. The molecule has 180 valence electrons. The SMILES string of the molecule is CC(C)(C)OC(=O)N1CCNCC1C(=O)c1ccc2c(c1C1NCC(=O)NC1=O)C(=O)NC2=O. The molecule has 2 unspecified atom stereocenters. The zero-order valence-corrected chi connectivity index (χ0v) is 18.9. The third kappa shape index (κ3) is 4.29. The maximum atomic E-state index is 13.8. The molecule has 2 atom stereocenters. The van der Waals surface area contributed by atoms with Gasteiger partial charge in [0.1, 0.15) is 17.7 Å². The van der Waals surface area contributed by atoms with E-state index >= 15 is 0 Å². The number of carbonyl (C=O) groups is 6. The molecule has 0 spiro atoms. The number of ether oxygens (including phenoxy) is 1. The lowest BCUT2D eigenvalue weighted by atomic mass is 9.86. The lowest BCUT2D eigenvalue weighted by Crippen LogP contribution is -2.58. The first-order valence-electron chi connectivity index (χ1n) is 10.8. The van der Waals surface area contributed by atoms with Gasteiger partial charge in [0.15, 0.2) is 5.78 Å². The minimum absolute atomic E-state index is 0.00661. The molecule has 34 heavy (non-hydrogen) atoms. The normalized spacial score (nSPS) is 22.7. The highest BCUT2D eigenvalue weighted by Crippen LogP contribution is 2.31. The van der Waals surface area contributed by atoms with Crippen LogP contribution in [0.3, 0.4) is 0 Å². The van der Waals surface area contributed by atoms with Crippen LogP contribution in [0.1, 0.15) is 63.5 Å². The van der Waals surface area contributed by atoms with E-state index in [9.17, 15) is 28.8 Å². The smallest absolute Gasteiger partial charge is 0.411 e. The summed E-state index contributed by atoms with van der Waals surface area (Å²) in [4.78, 5) is 77.0. The molecule has 0 radical (unpaired) electrons. The van der Waals surface area contributed by atoms with Crippen LogP contribution in [-0.4, -0.2) is 78.2 Å². The molecule has 2 saturated heterocycles. The van der Waals surface area contributed by atoms with E-state index in [1.165, 1.54) is 17.0 Å². The van der Waals surface area contributed by atoms with Gasteiger partial charge in [-0.25, -0.2) is 4.79 Å². The molecule has 0 saturated carbocycles. The second-order valence-electron chi connectivity index (χ2n) is 9.22. The molecule has 12 heteroatoms. The highest BCUT2D eigenvalue weighted by Gasteiger charge is 2.42. The van der Waals surface area contributed by atoms with Crippen molar-refractivity contribution < 1.29 is 33.5 Å². The summed E-state index contributed by atoms with van der Waals surface area (Å²) in [6.07, 6.45) is -0.665. The van der Waals surface area contributed by atoms with Crippen molar-refractivity contribution in [3.05, 3.63) is 34.4 Å². The Bertz CT molecular complexity index is 1120. The van der Waals surface area contributed by atoms with E-state index in [-0.39, 0.29) is 41.9 Å². The van der Waals surface area contributed by atoms with Gasteiger partial charge in [-0.15, -0.1) is 0 Å². The Morgan fingerprint density at radius 2 is 1.79 bits per heavy atom. The van der Waals surface area contributed by atoms with E-state index in [1.54, 1.807) is 20.8 Å². The van der Waals surface area contributed by atoms with Crippen molar-refractivity contribution in [2.24, 2.45) is 0 Å². The van der Waals surface area contributed by atoms with Gasteiger partial charge in [-0.1, -0.05) is 6.07 Å². The predicted molar refractivity (Wildman–Crippen MR) is 116 cm³/mol. The fraction of sp³-hybridized carbons (Fsp3) is 0.455. The molecule has 1 aromatic rings. The summed E-state index contributed by atoms with van der Waals surface area (Å²) in [5, 5.41) is 10.2. The molecule has 5 amide bonds. The topological polar surface area (TPSA) is 163 Å². The zero-order chi connectivity index (χ0) is 24.8. The molecule has 0 aliphatic carbocycles. The summed E-state index contributed by atoms with van der Waals surface area (Å²) in [6.45, 7) is 5.71. The standard InChI is InChI=1S/C22H25N5O7/c1-22(2,3)34-21(33)27-7-6-23-8-12(27)17(29)10-4-5-11-15(19(31)26-18(11)30)14(10)16-20(32)25-13(28)9-24-16/h4-5,12,16,23-24H,6-9H2,1-3H3,(H,25,28,32)(H,26,30,31). The zero-order valence-electron chi connectivity index (χ0n) is 18.9. The molecule has 4 N–H and O–H groups in total. The van der Waals surface area contributed by atoms with Crippen molar-refractivity contribution in [2.75, 3.05) is 26.2 Å². The third-order valence-electron chi connectivity index (χ3n) is 5.66. The van der Waals surface area contributed by atoms with Crippen LogP contribution in [0.5, 0.6) is 0 Å². The number of nitrogens with zero attached hydrogens (tertiary/aromatic N) is 1. The molecule has 3 aliphatic heterocycles. The van der Waals surface area contributed by atoms with Crippen molar-refractivity contribution in [1.82, 2.24) is 26.2 Å². The molecule has 3 heterocycles. The Balaban J connectivity index is 1.78. The highest BCUT2D eigenvalue weighted by atomic mass is 16.6. The van der Waals surface area contributed by atoms with E-state index in [2.05, 4.69) is 21.3 Å². The number of imide groups is 2. The maximum absolute atomic E-state index is 13.8. The van der Waals surface area contributed by atoms with Crippen LogP contribution >= 0.6 is 0 Å². The third-order valence-corrected chi connectivity index (χ3v) is 5.66. The molecular formula is C22H25N5O7. The van der Waals surface area contributed by atoms with Gasteiger partial charge in [-0.3, -0.25) is 44.8 Å². The quantitative estimate of drug-likeness (QED) is 0.328. The highest BCUT2D eigenvalue weighted by molar-refractivity contribution is 6.24. The first-order chi connectivity index (χ1) is 16.0. The summed E-state index contributed by atoms with van der Waals surface area (Å²) in [5.41, 5.74) is -0.874. The number of hydrogen-bond acceptors (Lipinski definition) is 9. The van der Waals surface area contributed by atoms with Crippen molar-refractivity contribution in [3.8, 4) is 0 Å². The largest absolute Gasteiger partial charge is 0.444 e. The lowest BCUT2D eigenvalue weighted by Gasteiger charge is -2.37. The second kappa shape index (κ2) is 8.61. The van der Waals surface area contributed by atoms with Gasteiger partial charge in [0.05, 0.1) is 17.7 Å². The number of piperazine rings is 2. The monoisotopic (exact) mass is 471 g/mol. The van der Waals surface area contributed by atoms with Crippen LogP contribution < -0.4 is 21.3 Å². The van der Waals surface area contributed by atoms with Crippen LogP contribution in [0.4, 0.5) is 4.79 Å². The maximum Gasteiger partial charge on any atom is 0.411 e. The Labute approximate surface area is 194 Å². The molecule has 3 aliphatic rings. The van der Waals surface area contributed by atoms with Crippen LogP contribution in [0, 0.1) is 0 Å². The minimum Gasteiger partial charge on any atom is -0.444 e. The number of hydrogen-bond donors (Lipinski definition) is 4. The van der Waals surface area contributed by atoms with Gasteiger partial charge < -0.3 is 10.1 Å². The molecule has 2 fully saturated rings. The predicted octanol–water partition coefficient (Wildman–Crippen LogP) is -0.751. The first kappa shape index (κ1) is 23.5. The van der Waals surface area contributed by atoms with Gasteiger partial charge >= 0.3 is 6.09 Å². The molecule has 0 aromatic heterocycles. The Morgan fingerprint density at radius 3 is 2.47 bits per heavy atom. The molecule has 0 bridgehead atoms. The van der Waals surface area contributed by atoms with Gasteiger partial charge in [0.2, 0.25) is 11.8 Å². The van der Waals surface area contributed by atoms with Gasteiger partial charge in [-0.05, 0) is 26.8 Å². The molecular weight excluding hydrogens is 446 g/mol. The fourth-order valence-electron chi connectivity index (χ4n) is 4.23. The minimum atomic E-state index is -1.23. The molecule has 12 nitrogen and oxygen atoms in total. The number of rotatable bonds is 3. The summed E-state index contributed by atoms with van der Waals surface area (Å²) >= 11 is 0. The summed E-state index contributed by atoms with van der Waals surface area (Å²) in [5.74, 6) is -3.25. The number of carbonyl (C=O) groups excluding carboxylic acids is 6. The number of benzene rings is 1. The summed E-state index contributed by atoms with van der Waals surface area (Å²) in [6, 6.07) is 0.498. The average molecular weight is 471 g/mol. The summed E-state index contributed by atoms with van der Waals surface area (Å²) < 4.78 is 5.46. The average Bonchev–Trinajstić information content (AvgIpc) is 3.05. The van der Waals surface area contributed by atoms with E-state index in [0.717, 1.165) is 0 Å². The van der Waals surface area contributed by atoms with E-state index in [4.69, 9.17) is 4.74 Å². The van der Waals surface area contributed by atoms with E-state index in [1.807, 2.05) is 0 Å². The number of fused-ring (bicyclic) bond motifs is 1. The first-order valence-corrected chi connectivity index (χ1v) is 10.8. The fourth-order valence-corrected chi connectivity index (χ4v) is 4.23. The van der Waals surface area contributed by atoms with Crippen LogP contribution in [0.15, 0.2) is 12.1 Å². The van der Waals surface area contributed by atoms with Crippen molar-refractivity contribution >= 4 is 35.5 Å². The van der Waals surface area contributed by atoms with Gasteiger partial charge in [0.25, 0.3) is 11.8 Å². The molecule has 1 aromatic carbocycles. The van der Waals surface area contributed by atoms with Crippen molar-refractivity contribution in [3.63, 3.8) is 0 Å². The summed E-state index contributed by atoms with van der Waals surface area (Å²) in [7, 11) is 0. The van der Waals surface area contributed by atoms with Crippen LogP contribution in [-0.2, 0) is 14.3 Å².